The van der Waals surface area contributed by atoms with E-state index in [0.717, 1.165) is 38.8 Å². The van der Waals surface area contributed by atoms with Crippen LogP contribution >= 0.6 is 0 Å². The average molecular weight is 625 g/mol. The van der Waals surface area contributed by atoms with E-state index >= 15 is 4.39 Å². The second-order valence-electron chi connectivity index (χ2n) is 12.1. The van der Waals surface area contributed by atoms with Gasteiger partial charge in [-0.15, -0.1) is 6.42 Å². The molecule has 2 aromatic carbocycles. The van der Waals surface area contributed by atoms with Crippen LogP contribution in [0.25, 0.3) is 32.9 Å². The molecule has 11 heteroatoms. The van der Waals surface area contributed by atoms with Gasteiger partial charge < -0.3 is 19.7 Å². The number of anilines is 1. The predicted molar refractivity (Wildman–Crippen MR) is 172 cm³/mol. The molecular weight excluding hydrogens is 590 g/mol. The third-order valence-electron chi connectivity index (χ3n) is 9.42. The van der Waals surface area contributed by atoms with Crippen molar-refractivity contribution < 1.29 is 23.0 Å². The quantitative estimate of drug-likeness (QED) is 0.235. The number of halogens is 2. The second-order valence-corrected chi connectivity index (χ2v) is 12.1. The fraction of sp³-hybridized carbons (Fsp3) is 0.371. The maximum absolute atomic E-state index is 16.8. The molecule has 0 aliphatic carbocycles. The van der Waals surface area contributed by atoms with Gasteiger partial charge in [-0.1, -0.05) is 36.8 Å². The summed E-state index contributed by atoms with van der Waals surface area (Å²) in [4.78, 5) is 30.5. The number of aromatic nitrogens is 3. The molecule has 1 amide bonds. The van der Waals surface area contributed by atoms with Crippen LogP contribution in [-0.4, -0.2) is 83.3 Å². The standard InChI is InChI=1S/C35H34F2N6O3/c1-3-24-27(36)11-10-22-8-5-9-25(29(22)24)31-30(37)32-26(18-38-31)33(42-16-17-45-20-23(19-42)39-28(44)4-2)41-34(40-32)46-21-35-12-6-14-43(35)15-7-13-35/h1,4-5,8-11,18,23H,2,6-7,12-17,19-21H2,(H,39,44). The number of rotatable bonds is 7. The van der Waals surface area contributed by atoms with Crippen molar-refractivity contribution in [1.82, 2.24) is 25.2 Å². The normalized spacial score (nSPS) is 19.5. The van der Waals surface area contributed by atoms with Crippen LogP contribution in [0.15, 0.2) is 49.2 Å². The summed E-state index contributed by atoms with van der Waals surface area (Å²) in [6.07, 6.45) is 12.7. The minimum absolute atomic E-state index is 0.0116. The average Bonchev–Trinajstić information content (AvgIpc) is 3.57. The smallest absolute Gasteiger partial charge is 0.319 e. The number of pyridine rings is 1. The van der Waals surface area contributed by atoms with Crippen LogP contribution in [0.4, 0.5) is 14.6 Å². The first-order valence-corrected chi connectivity index (χ1v) is 15.6. The van der Waals surface area contributed by atoms with Crippen LogP contribution in [0.3, 0.4) is 0 Å². The molecule has 7 rings (SSSR count). The van der Waals surface area contributed by atoms with Gasteiger partial charge in [0.05, 0.1) is 35.7 Å². The highest BCUT2D eigenvalue weighted by molar-refractivity contribution is 6.02. The number of amides is 1. The van der Waals surface area contributed by atoms with E-state index < -0.39 is 11.6 Å². The molecule has 0 saturated carbocycles. The highest BCUT2D eigenvalue weighted by Crippen LogP contribution is 2.40. The number of terminal acetylenes is 1. The summed E-state index contributed by atoms with van der Waals surface area (Å²) in [6, 6.07) is 7.82. The predicted octanol–water partition coefficient (Wildman–Crippen LogP) is 4.62. The lowest BCUT2D eigenvalue weighted by Gasteiger charge is -2.31. The Morgan fingerprint density at radius 2 is 2.02 bits per heavy atom. The number of hydrogen-bond donors (Lipinski definition) is 1. The molecule has 1 N–H and O–H groups in total. The van der Waals surface area contributed by atoms with E-state index in [-0.39, 0.29) is 40.3 Å². The lowest BCUT2D eigenvalue weighted by molar-refractivity contribution is -0.117. The van der Waals surface area contributed by atoms with Gasteiger partial charge in [-0.05, 0) is 56.3 Å². The van der Waals surface area contributed by atoms with Crippen molar-refractivity contribution in [1.29, 1.82) is 0 Å². The largest absolute Gasteiger partial charge is 0.461 e. The van der Waals surface area contributed by atoms with E-state index in [4.69, 9.17) is 20.9 Å². The summed E-state index contributed by atoms with van der Waals surface area (Å²) in [5.74, 6) is 1.25. The molecule has 1 atom stereocenters. The molecule has 3 aliphatic rings. The number of nitrogens with zero attached hydrogens (tertiary/aromatic N) is 5. The van der Waals surface area contributed by atoms with Crippen LogP contribution < -0.4 is 15.0 Å². The maximum atomic E-state index is 16.8. The van der Waals surface area contributed by atoms with E-state index in [1.165, 1.54) is 18.3 Å². The molecule has 1 unspecified atom stereocenters. The van der Waals surface area contributed by atoms with Crippen LogP contribution in [0.2, 0.25) is 0 Å². The van der Waals surface area contributed by atoms with Gasteiger partial charge in [0.15, 0.2) is 5.82 Å². The van der Waals surface area contributed by atoms with Crippen molar-refractivity contribution in [3.05, 3.63) is 66.4 Å². The molecule has 236 valence electrons. The molecule has 0 spiro atoms. The van der Waals surface area contributed by atoms with Crippen LogP contribution in [0.5, 0.6) is 6.01 Å². The summed E-state index contributed by atoms with van der Waals surface area (Å²) in [7, 11) is 0. The number of ether oxygens (including phenoxy) is 2. The first kappa shape index (κ1) is 30.0. The highest BCUT2D eigenvalue weighted by Gasteiger charge is 2.45. The molecule has 9 nitrogen and oxygen atoms in total. The second kappa shape index (κ2) is 12.3. The number of nitrogens with one attached hydrogen (secondary N) is 1. The Labute approximate surface area is 265 Å². The van der Waals surface area contributed by atoms with Crippen molar-refractivity contribution in [3.8, 4) is 29.6 Å². The van der Waals surface area contributed by atoms with Gasteiger partial charge in [0, 0.05) is 30.2 Å². The molecule has 2 aromatic heterocycles. The third-order valence-corrected chi connectivity index (χ3v) is 9.42. The molecule has 3 saturated heterocycles. The van der Waals surface area contributed by atoms with Gasteiger partial charge in [-0.25, -0.2) is 8.78 Å². The fourth-order valence-electron chi connectivity index (χ4n) is 7.22. The summed E-state index contributed by atoms with van der Waals surface area (Å²) in [5, 5.41) is 4.32. The van der Waals surface area contributed by atoms with Gasteiger partial charge >= 0.3 is 6.01 Å². The van der Waals surface area contributed by atoms with Crippen molar-refractivity contribution in [2.75, 3.05) is 50.9 Å². The van der Waals surface area contributed by atoms with E-state index in [2.05, 4.69) is 32.7 Å². The minimum Gasteiger partial charge on any atom is -0.461 e. The van der Waals surface area contributed by atoms with Gasteiger partial charge in [0.25, 0.3) is 0 Å². The molecule has 3 fully saturated rings. The first-order valence-electron chi connectivity index (χ1n) is 15.6. The monoisotopic (exact) mass is 624 g/mol. The van der Waals surface area contributed by atoms with Crippen molar-refractivity contribution in [3.63, 3.8) is 0 Å². The molecular formula is C35H34F2N6O3. The Hall–Kier alpha value is -4.66. The summed E-state index contributed by atoms with van der Waals surface area (Å²) >= 11 is 0. The molecule has 3 aliphatic heterocycles. The number of hydrogen-bond acceptors (Lipinski definition) is 8. The van der Waals surface area contributed by atoms with E-state index in [0.29, 0.717) is 60.5 Å². The molecule has 5 heterocycles. The summed E-state index contributed by atoms with van der Waals surface area (Å²) in [6.45, 7) is 7.45. The van der Waals surface area contributed by atoms with Crippen LogP contribution in [0.1, 0.15) is 31.2 Å². The first-order chi connectivity index (χ1) is 22.4. The molecule has 46 heavy (non-hydrogen) atoms. The number of fused-ring (bicyclic) bond motifs is 3. The fourth-order valence-corrected chi connectivity index (χ4v) is 7.22. The van der Waals surface area contributed by atoms with Gasteiger partial charge in [-0.3, -0.25) is 14.7 Å². The van der Waals surface area contributed by atoms with Crippen LogP contribution in [-0.2, 0) is 9.53 Å². The Morgan fingerprint density at radius 1 is 1.20 bits per heavy atom. The Bertz CT molecular complexity index is 1880. The van der Waals surface area contributed by atoms with E-state index in [1.807, 2.05) is 4.90 Å². The Kier molecular flexibility index (Phi) is 8.01. The van der Waals surface area contributed by atoms with Crippen LogP contribution in [0, 0.1) is 24.0 Å². The minimum atomic E-state index is -0.699. The molecule has 4 aromatic rings. The Morgan fingerprint density at radius 3 is 2.80 bits per heavy atom. The highest BCUT2D eigenvalue weighted by atomic mass is 19.1. The van der Waals surface area contributed by atoms with E-state index in [1.54, 1.807) is 24.3 Å². The molecule has 0 bridgehead atoms. The van der Waals surface area contributed by atoms with Crippen molar-refractivity contribution in [2.24, 2.45) is 0 Å². The lowest BCUT2D eigenvalue weighted by Crippen LogP contribution is -2.44. The van der Waals surface area contributed by atoms with Crippen molar-refractivity contribution in [2.45, 2.75) is 37.3 Å². The third kappa shape index (κ3) is 5.31. The topological polar surface area (TPSA) is 92.7 Å². The number of carbonyl (C=O) groups excluding carboxylic acids is 1. The van der Waals surface area contributed by atoms with Crippen molar-refractivity contribution >= 4 is 33.4 Å². The zero-order valence-corrected chi connectivity index (χ0v) is 25.4. The number of benzene rings is 2. The maximum Gasteiger partial charge on any atom is 0.319 e. The van der Waals surface area contributed by atoms with Gasteiger partial charge in [0.1, 0.15) is 29.5 Å². The van der Waals surface area contributed by atoms with Gasteiger partial charge in [0.2, 0.25) is 5.91 Å². The SMILES string of the molecule is C#Cc1c(F)ccc2cccc(-c3ncc4c(N5CCOCC(NC(=O)C=C)C5)nc(OCC56CCCN5CCC6)nc4c3F)c12. The summed E-state index contributed by atoms with van der Waals surface area (Å²) in [5.41, 5.74) is 0.326. The zero-order valence-electron chi connectivity index (χ0n) is 25.4. The Balaban J connectivity index is 1.36. The lowest BCUT2D eigenvalue weighted by atomic mass is 9.95. The summed E-state index contributed by atoms with van der Waals surface area (Å²) < 4.78 is 43.7. The number of carbonyl (C=O) groups is 1. The zero-order chi connectivity index (χ0) is 31.8. The van der Waals surface area contributed by atoms with Gasteiger partial charge in [-0.2, -0.15) is 9.97 Å². The molecule has 0 radical (unpaired) electrons. The van der Waals surface area contributed by atoms with E-state index in [9.17, 15) is 9.18 Å².